The molecule has 0 spiro atoms. The molecule has 2 N–H and O–H groups in total. The topological polar surface area (TPSA) is 53.7 Å². The third kappa shape index (κ3) is 3.35. The fraction of sp³-hybridized carbons (Fsp3) is 0.167. The van der Waals surface area contributed by atoms with Gasteiger partial charge >= 0.3 is 0 Å². The first-order chi connectivity index (χ1) is 10.7. The summed E-state index contributed by atoms with van der Waals surface area (Å²) in [6, 6.07) is 17.4. The van der Waals surface area contributed by atoms with Gasteiger partial charge in [0, 0.05) is 30.9 Å². The third-order valence-corrected chi connectivity index (χ3v) is 3.58. The number of amides is 1. The standard InChI is InChI=1S/C18H18N2O2/c21-17(10-14-6-2-1-3-7-14)12-19-18(22)15-11-16-8-4-5-9-20(16)13-15/h1-9,11,13,17,21H,10,12H2,(H,19,22)/t17-/m0/s1. The molecule has 0 unspecified atom stereocenters. The van der Waals surface area contributed by atoms with Crippen LogP contribution in [0, 0.1) is 0 Å². The predicted octanol–water partition coefficient (Wildman–Crippen LogP) is 2.27. The predicted molar refractivity (Wildman–Crippen MR) is 85.9 cm³/mol. The van der Waals surface area contributed by atoms with Gasteiger partial charge < -0.3 is 14.8 Å². The summed E-state index contributed by atoms with van der Waals surface area (Å²) in [5, 5.41) is 12.8. The van der Waals surface area contributed by atoms with E-state index in [-0.39, 0.29) is 12.5 Å². The van der Waals surface area contributed by atoms with Crippen LogP contribution in [0.2, 0.25) is 0 Å². The molecule has 0 radical (unpaired) electrons. The van der Waals surface area contributed by atoms with Crippen LogP contribution < -0.4 is 5.32 Å². The molecule has 0 saturated carbocycles. The van der Waals surface area contributed by atoms with Gasteiger partial charge in [-0.15, -0.1) is 0 Å². The number of nitrogens with one attached hydrogen (secondary N) is 1. The molecule has 0 fully saturated rings. The highest BCUT2D eigenvalue weighted by molar-refractivity contribution is 5.95. The zero-order valence-electron chi connectivity index (χ0n) is 12.1. The molecule has 2 heterocycles. The lowest BCUT2D eigenvalue weighted by atomic mass is 10.1. The highest BCUT2D eigenvalue weighted by Gasteiger charge is 2.11. The molecule has 1 atom stereocenters. The Bertz CT molecular complexity index is 732. The van der Waals surface area contributed by atoms with Gasteiger partial charge in [-0.05, 0) is 23.8 Å². The van der Waals surface area contributed by atoms with Gasteiger partial charge in [0.2, 0.25) is 0 Å². The van der Waals surface area contributed by atoms with Gasteiger partial charge in [0.25, 0.3) is 5.91 Å². The van der Waals surface area contributed by atoms with Gasteiger partial charge in [0.1, 0.15) is 0 Å². The number of nitrogens with zero attached hydrogens (tertiary/aromatic N) is 1. The number of hydrogen-bond donors (Lipinski definition) is 2. The number of pyridine rings is 1. The average Bonchev–Trinajstić information content (AvgIpc) is 2.98. The number of carbonyl (C=O) groups excluding carboxylic acids is 1. The maximum absolute atomic E-state index is 12.1. The van der Waals surface area contributed by atoms with Gasteiger partial charge in [0.15, 0.2) is 0 Å². The van der Waals surface area contributed by atoms with Crippen molar-refractivity contribution in [1.29, 1.82) is 0 Å². The van der Waals surface area contributed by atoms with Gasteiger partial charge in [-0.2, -0.15) is 0 Å². The van der Waals surface area contributed by atoms with E-state index in [2.05, 4.69) is 5.32 Å². The molecule has 0 aliphatic carbocycles. The van der Waals surface area contributed by atoms with Crippen molar-refractivity contribution in [1.82, 2.24) is 9.72 Å². The van der Waals surface area contributed by atoms with E-state index in [9.17, 15) is 9.90 Å². The number of aromatic nitrogens is 1. The molecular weight excluding hydrogens is 276 g/mol. The maximum atomic E-state index is 12.1. The van der Waals surface area contributed by atoms with Crippen molar-refractivity contribution in [3.63, 3.8) is 0 Å². The van der Waals surface area contributed by atoms with Gasteiger partial charge in [0.05, 0.1) is 11.7 Å². The highest BCUT2D eigenvalue weighted by atomic mass is 16.3. The van der Waals surface area contributed by atoms with E-state index < -0.39 is 6.10 Å². The monoisotopic (exact) mass is 294 g/mol. The van der Waals surface area contributed by atoms with E-state index in [0.29, 0.717) is 12.0 Å². The average molecular weight is 294 g/mol. The number of rotatable bonds is 5. The number of carbonyl (C=O) groups is 1. The van der Waals surface area contributed by atoms with Crippen LogP contribution in [0.1, 0.15) is 15.9 Å². The van der Waals surface area contributed by atoms with E-state index in [1.165, 1.54) is 0 Å². The number of benzene rings is 1. The molecule has 4 nitrogen and oxygen atoms in total. The highest BCUT2D eigenvalue weighted by Crippen LogP contribution is 2.09. The Balaban J connectivity index is 1.57. The Morgan fingerprint density at radius 1 is 1.14 bits per heavy atom. The van der Waals surface area contributed by atoms with Crippen LogP contribution in [-0.2, 0) is 6.42 Å². The van der Waals surface area contributed by atoms with Crippen molar-refractivity contribution < 1.29 is 9.90 Å². The summed E-state index contributed by atoms with van der Waals surface area (Å²) in [5.41, 5.74) is 2.62. The van der Waals surface area contributed by atoms with Crippen LogP contribution >= 0.6 is 0 Å². The summed E-state index contributed by atoms with van der Waals surface area (Å²) in [5.74, 6) is -0.171. The molecule has 112 valence electrons. The van der Waals surface area contributed by atoms with Crippen LogP contribution in [0.25, 0.3) is 5.52 Å². The van der Waals surface area contributed by atoms with Crippen LogP contribution in [0.5, 0.6) is 0 Å². The molecule has 0 bridgehead atoms. The lowest BCUT2D eigenvalue weighted by Gasteiger charge is -2.11. The normalized spacial score (nSPS) is 12.2. The van der Waals surface area contributed by atoms with Crippen molar-refractivity contribution in [2.45, 2.75) is 12.5 Å². The lowest BCUT2D eigenvalue weighted by Crippen LogP contribution is -2.33. The fourth-order valence-corrected chi connectivity index (χ4v) is 2.45. The van der Waals surface area contributed by atoms with E-state index in [1.807, 2.05) is 65.2 Å². The summed E-state index contributed by atoms with van der Waals surface area (Å²) in [4.78, 5) is 12.1. The lowest BCUT2D eigenvalue weighted by molar-refractivity contribution is 0.0916. The van der Waals surface area contributed by atoms with E-state index in [4.69, 9.17) is 0 Å². The SMILES string of the molecule is O=C(NC[C@@H](O)Cc1ccccc1)c1cc2ccccn2c1. The fourth-order valence-electron chi connectivity index (χ4n) is 2.45. The summed E-state index contributed by atoms with van der Waals surface area (Å²) >= 11 is 0. The Hall–Kier alpha value is -2.59. The van der Waals surface area contributed by atoms with Crippen molar-refractivity contribution in [2.75, 3.05) is 6.54 Å². The minimum atomic E-state index is -0.594. The first kappa shape index (κ1) is 14.4. The van der Waals surface area contributed by atoms with Crippen molar-refractivity contribution in [2.24, 2.45) is 0 Å². The minimum Gasteiger partial charge on any atom is -0.391 e. The molecule has 22 heavy (non-hydrogen) atoms. The van der Waals surface area contributed by atoms with Crippen molar-refractivity contribution >= 4 is 11.4 Å². The van der Waals surface area contributed by atoms with Crippen LogP contribution in [0.15, 0.2) is 67.0 Å². The zero-order valence-corrected chi connectivity index (χ0v) is 12.1. The summed E-state index contributed by atoms with van der Waals surface area (Å²) in [6.07, 6.45) is 3.62. The summed E-state index contributed by atoms with van der Waals surface area (Å²) < 4.78 is 1.90. The Kier molecular flexibility index (Phi) is 4.21. The molecular formula is C18H18N2O2. The van der Waals surface area contributed by atoms with Crippen molar-refractivity contribution in [3.05, 3.63) is 78.1 Å². The van der Waals surface area contributed by atoms with E-state index >= 15 is 0 Å². The summed E-state index contributed by atoms with van der Waals surface area (Å²) in [7, 11) is 0. The van der Waals surface area contributed by atoms with E-state index in [1.54, 1.807) is 6.20 Å². The molecule has 3 rings (SSSR count). The van der Waals surface area contributed by atoms with E-state index in [0.717, 1.165) is 11.1 Å². The second kappa shape index (κ2) is 6.45. The number of aliphatic hydroxyl groups is 1. The molecule has 1 aromatic carbocycles. The number of fused-ring (bicyclic) bond motifs is 1. The Morgan fingerprint density at radius 2 is 1.91 bits per heavy atom. The molecule has 0 aliphatic rings. The first-order valence-electron chi connectivity index (χ1n) is 7.29. The smallest absolute Gasteiger partial charge is 0.252 e. The second-order valence-electron chi connectivity index (χ2n) is 5.32. The van der Waals surface area contributed by atoms with Gasteiger partial charge in [-0.1, -0.05) is 36.4 Å². The minimum absolute atomic E-state index is 0.171. The van der Waals surface area contributed by atoms with Crippen LogP contribution in [-0.4, -0.2) is 28.1 Å². The maximum Gasteiger partial charge on any atom is 0.252 e. The molecule has 0 saturated heterocycles. The van der Waals surface area contributed by atoms with Gasteiger partial charge in [-0.3, -0.25) is 4.79 Å². The second-order valence-corrected chi connectivity index (χ2v) is 5.32. The van der Waals surface area contributed by atoms with Crippen molar-refractivity contribution in [3.8, 4) is 0 Å². The Morgan fingerprint density at radius 3 is 2.68 bits per heavy atom. The first-order valence-corrected chi connectivity index (χ1v) is 7.29. The molecule has 3 aromatic rings. The number of aliphatic hydroxyl groups excluding tert-OH is 1. The largest absolute Gasteiger partial charge is 0.391 e. The Labute approximate surface area is 129 Å². The third-order valence-electron chi connectivity index (χ3n) is 3.58. The molecule has 2 aromatic heterocycles. The van der Waals surface area contributed by atoms with Crippen LogP contribution in [0.4, 0.5) is 0 Å². The molecule has 1 amide bonds. The molecule has 4 heteroatoms. The summed E-state index contributed by atoms with van der Waals surface area (Å²) in [6.45, 7) is 0.236. The number of hydrogen-bond acceptors (Lipinski definition) is 2. The van der Waals surface area contributed by atoms with Gasteiger partial charge in [-0.25, -0.2) is 0 Å². The quantitative estimate of drug-likeness (QED) is 0.758. The molecule has 0 aliphatic heterocycles. The zero-order chi connectivity index (χ0) is 15.4. The van der Waals surface area contributed by atoms with Crippen LogP contribution in [0.3, 0.4) is 0 Å².